The van der Waals surface area contributed by atoms with E-state index < -0.39 is 17.9 Å². The summed E-state index contributed by atoms with van der Waals surface area (Å²) in [6.45, 7) is 1.86. The Balaban J connectivity index is 2.77. The zero-order valence-corrected chi connectivity index (χ0v) is 10.2. The normalized spacial score (nSPS) is 11.9. The van der Waals surface area contributed by atoms with Gasteiger partial charge in [-0.05, 0) is 18.6 Å². The van der Waals surface area contributed by atoms with Crippen molar-refractivity contribution in [2.24, 2.45) is 0 Å². The van der Waals surface area contributed by atoms with Crippen LogP contribution in [0.4, 0.5) is 0 Å². The van der Waals surface area contributed by atoms with Crippen molar-refractivity contribution in [3.8, 4) is 0 Å². The van der Waals surface area contributed by atoms with Gasteiger partial charge >= 0.3 is 5.97 Å². The fourth-order valence-corrected chi connectivity index (χ4v) is 1.65. The van der Waals surface area contributed by atoms with E-state index in [1.165, 1.54) is 0 Å². The van der Waals surface area contributed by atoms with Crippen LogP contribution in [0.2, 0.25) is 5.02 Å². The van der Waals surface area contributed by atoms with Crippen LogP contribution in [0.15, 0.2) is 24.3 Å². The van der Waals surface area contributed by atoms with Gasteiger partial charge in [0, 0.05) is 0 Å². The Morgan fingerprint density at radius 2 is 2.06 bits per heavy atom. The SMILES string of the molecule is CCC[C@@H](NC(=O)c1ccccc1Cl)C(=O)O. The number of amides is 1. The summed E-state index contributed by atoms with van der Waals surface area (Å²) >= 11 is 5.85. The molecule has 0 spiro atoms. The van der Waals surface area contributed by atoms with Gasteiger partial charge in [-0.1, -0.05) is 37.1 Å². The summed E-state index contributed by atoms with van der Waals surface area (Å²) in [6, 6.07) is 5.66. The van der Waals surface area contributed by atoms with Crippen molar-refractivity contribution in [2.75, 3.05) is 0 Å². The highest BCUT2D eigenvalue weighted by molar-refractivity contribution is 6.33. The van der Waals surface area contributed by atoms with Gasteiger partial charge in [-0.2, -0.15) is 0 Å². The third-order valence-electron chi connectivity index (χ3n) is 2.30. The average Bonchev–Trinajstić information content (AvgIpc) is 2.28. The van der Waals surface area contributed by atoms with Gasteiger partial charge in [0.1, 0.15) is 6.04 Å². The molecule has 1 amide bonds. The molecule has 1 atom stereocenters. The standard InChI is InChI=1S/C12H14ClNO3/c1-2-5-10(12(16)17)14-11(15)8-6-3-4-7-9(8)13/h3-4,6-7,10H,2,5H2,1H3,(H,14,15)(H,16,17)/t10-/m1/s1. The molecule has 0 bridgehead atoms. The van der Waals surface area contributed by atoms with Crippen LogP contribution in [0.1, 0.15) is 30.1 Å². The number of rotatable bonds is 5. The first kappa shape index (κ1) is 13.5. The van der Waals surface area contributed by atoms with E-state index in [0.717, 1.165) is 0 Å². The minimum atomic E-state index is -1.03. The van der Waals surface area contributed by atoms with Gasteiger partial charge in [0.25, 0.3) is 5.91 Å². The van der Waals surface area contributed by atoms with E-state index in [2.05, 4.69) is 5.32 Å². The number of aliphatic carboxylic acids is 1. The molecule has 0 saturated heterocycles. The van der Waals surface area contributed by atoms with Gasteiger partial charge in [-0.25, -0.2) is 4.79 Å². The Morgan fingerprint density at radius 3 is 2.59 bits per heavy atom. The predicted molar refractivity (Wildman–Crippen MR) is 65.3 cm³/mol. The lowest BCUT2D eigenvalue weighted by Gasteiger charge is -2.13. The molecule has 1 aromatic carbocycles. The molecular weight excluding hydrogens is 242 g/mol. The van der Waals surface area contributed by atoms with Crippen molar-refractivity contribution < 1.29 is 14.7 Å². The number of carboxylic acids is 1. The van der Waals surface area contributed by atoms with E-state index in [9.17, 15) is 9.59 Å². The number of benzene rings is 1. The molecule has 0 unspecified atom stereocenters. The molecule has 4 nitrogen and oxygen atoms in total. The van der Waals surface area contributed by atoms with Crippen molar-refractivity contribution in [2.45, 2.75) is 25.8 Å². The number of halogens is 1. The van der Waals surface area contributed by atoms with E-state index in [-0.39, 0.29) is 5.56 Å². The van der Waals surface area contributed by atoms with E-state index in [1.807, 2.05) is 6.92 Å². The summed E-state index contributed by atoms with van der Waals surface area (Å²) in [5.74, 6) is -1.50. The number of carboxylic acid groups (broad SMARTS) is 1. The molecule has 0 aliphatic rings. The Morgan fingerprint density at radius 1 is 1.41 bits per heavy atom. The molecule has 17 heavy (non-hydrogen) atoms. The molecule has 5 heteroatoms. The van der Waals surface area contributed by atoms with E-state index in [4.69, 9.17) is 16.7 Å². The number of carbonyl (C=O) groups excluding carboxylic acids is 1. The van der Waals surface area contributed by atoms with Crippen LogP contribution in [-0.2, 0) is 4.79 Å². The molecule has 1 aromatic rings. The minimum Gasteiger partial charge on any atom is -0.480 e. The average molecular weight is 256 g/mol. The fourth-order valence-electron chi connectivity index (χ4n) is 1.43. The molecule has 0 aliphatic heterocycles. The van der Waals surface area contributed by atoms with Crippen molar-refractivity contribution in [3.63, 3.8) is 0 Å². The lowest BCUT2D eigenvalue weighted by atomic mass is 10.1. The molecule has 0 heterocycles. The van der Waals surface area contributed by atoms with E-state index >= 15 is 0 Å². The molecule has 2 N–H and O–H groups in total. The van der Waals surface area contributed by atoms with Crippen molar-refractivity contribution >= 4 is 23.5 Å². The lowest BCUT2D eigenvalue weighted by Crippen LogP contribution is -2.40. The van der Waals surface area contributed by atoms with Crippen LogP contribution in [0.25, 0.3) is 0 Å². The van der Waals surface area contributed by atoms with E-state index in [1.54, 1.807) is 24.3 Å². The number of carbonyl (C=O) groups is 2. The molecule has 0 aromatic heterocycles. The van der Waals surface area contributed by atoms with Gasteiger partial charge in [-0.15, -0.1) is 0 Å². The second-order valence-electron chi connectivity index (χ2n) is 3.63. The molecule has 1 rings (SSSR count). The van der Waals surface area contributed by atoms with Crippen molar-refractivity contribution in [3.05, 3.63) is 34.9 Å². The Hall–Kier alpha value is -1.55. The molecule has 0 fully saturated rings. The van der Waals surface area contributed by atoms with Crippen molar-refractivity contribution in [1.82, 2.24) is 5.32 Å². The van der Waals surface area contributed by atoms with Crippen LogP contribution >= 0.6 is 11.6 Å². The highest BCUT2D eigenvalue weighted by Crippen LogP contribution is 2.15. The molecule has 0 saturated carbocycles. The van der Waals surface area contributed by atoms with Crippen LogP contribution in [0, 0.1) is 0 Å². The van der Waals surface area contributed by atoms with Crippen LogP contribution < -0.4 is 5.32 Å². The maximum Gasteiger partial charge on any atom is 0.326 e. The quantitative estimate of drug-likeness (QED) is 0.849. The third kappa shape index (κ3) is 3.75. The maximum absolute atomic E-state index is 11.8. The lowest BCUT2D eigenvalue weighted by molar-refractivity contribution is -0.139. The zero-order chi connectivity index (χ0) is 12.8. The minimum absolute atomic E-state index is 0.288. The highest BCUT2D eigenvalue weighted by atomic mass is 35.5. The Kier molecular flexibility index (Phi) is 4.97. The summed E-state index contributed by atoms with van der Waals surface area (Å²) in [4.78, 5) is 22.7. The number of hydrogen-bond acceptors (Lipinski definition) is 2. The first-order chi connectivity index (χ1) is 8.06. The van der Waals surface area contributed by atoms with Gasteiger partial charge < -0.3 is 10.4 Å². The summed E-state index contributed by atoms with van der Waals surface area (Å²) in [6.07, 6.45) is 1.07. The Bertz CT molecular complexity index is 420. The monoisotopic (exact) mass is 255 g/mol. The van der Waals surface area contributed by atoms with Gasteiger partial charge in [0.2, 0.25) is 0 Å². The maximum atomic E-state index is 11.8. The van der Waals surface area contributed by atoms with E-state index in [0.29, 0.717) is 17.9 Å². The smallest absolute Gasteiger partial charge is 0.326 e. The molecule has 0 aliphatic carbocycles. The van der Waals surface area contributed by atoms with Crippen LogP contribution in [-0.4, -0.2) is 23.0 Å². The third-order valence-corrected chi connectivity index (χ3v) is 2.63. The second-order valence-corrected chi connectivity index (χ2v) is 4.04. The summed E-state index contributed by atoms with van der Waals surface area (Å²) < 4.78 is 0. The zero-order valence-electron chi connectivity index (χ0n) is 9.44. The predicted octanol–water partition coefficient (Wildman–Crippen LogP) is 2.32. The summed E-state index contributed by atoms with van der Waals surface area (Å²) in [7, 11) is 0. The molecule has 92 valence electrons. The fraction of sp³-hybridized carbons (Fsp3) is 0.333. The van der Waals surface area contributed by atoms with Gasteiger partial charge in [-0.3, -0.25) is 4.79 Å². The number of nitrogens with one attached hydrogen (secondary N) is 1. The summed E-state index contributed by atoms with van der Waals surface area (Å²) in [5, 5.41) is 11.7. The highest BCUT2D eigenvalue weighted by Gasteiger charge is 2.20. The van der Waals surface area contributed by atoms with Gasteiger partial charge in [0.05, 0.1) is 10.6 Å². The second kappa shape index (κ2) is 6.25. The topological polar surface area (TPSA) is 66.4 Å². The van der Waals surface area contributed by atoms with Crippen LogP contribution in [0.3, 0.4) is 0 Å². The van der Waals surface area contributed by atoms with Gasteiger partial charge in [0.15, 0.2) is 0 Å². The summed E-state index contributed by atoms with van der Waals surface area (Å²) in [5.41, 5.74) is 0.288. The Labute approximate surface area is 105 Å². The largest absolute Gasteiger partial charge is 0.480 e. The first-order valence-corrected chi connectivity index (χ1v) is 5.72. The number of hydrogen-bond donors (Lipinski definition) is 2. The first-order valence-electron chi connectivity index (χ1n) is 5.34. The van der Waals surface area contributed by atoms with Crippen LogP contribution in [0.5, 0.6) is 0 Å². The van der Waals surface area contributed by atoms with Crippen molar-refractivity contribution in [1.29, 1.82) is 0 Å². The molecule has 0 radical (unpaired) electrons. The molecular formula is C12H14ClNO3.